The van der Waals surface area contributed by atoms with Gasteiger partial charge in [-0.25, -0.2) is 9.97 Å². The van der Waals surface area contributed by atoms with Crippen molar-refractivity contribution in [3.05, 3.63) is 194 Å². The van der Waals surface area contributed by atoms with Gasteiger partial charge in [0, 0.05) is 42.4 Å². The first-order valence-electron chi connectivity index (χ1n) is 18.7. The van der Waals surface area contributed by atoms with E-state index < -0.39 is 0 Å². The van der Waals surface area contributed by atoms with Crippen LogP contribution in [0.1, 0.15) is 0 Å². The highest BCUT2D eigenvalue weighted by molar-refractivity contribution is 7.26. The van der Waals surface area contributed by atoms with E-state index >= 15 is 0 Å². The van der Waals surface area contributed by atoms with Crippen LogP contribution in [0.15, 0.2) is 194 Å². The summed E-state index contributed by atoms with van der Waals surface area (Å²) in [6.07, 6.45) is 0. The minimum absolute atomic E-state index is 0.710. The molecule has 9 aromatic carbocycles. The van der Waals surface area contributed by atoms with Crippen molar-refractivity contribution in [3.8, 4) is 56.2 Å². The normalized spacial score (nSPS) is 11.6. The average Bonchev–Trinajstić information content (AvgIpc) is 3.65. The Morgan fingerprint density at radius 1 is 0.327 bits per heavy atom. The molecule has 0 amide bonds. The summed E-state index contributed by atoms with van der Waals surface area (Å²) in [6.45, 7) is 0. The maximum Gasteiger partial charge on any atom is 0.161 e. The second-order valence-electron chi connectivity index (χ2n) is 14.1. The summed E-state index contributed by atoms with van der Waals surface area (Å²) in [5, 5.41) is 9.65. The number of aromatic nitrogens is 2. The van der Waals surface area contributed by atoms with Crippen LogP contribution in [0.3, 0.4) is 0 Å². The number of rotatable bonds is 5. The van der Waals surface area contributed by atoms with Gasteiger partial charge in [0.2, 0.25) is 0 Å². The molecule has 2 nitrogen and oxygen atoms in total. The molecule has 2 heterocycles. The lowest BCUT2D eigenvalue weighted by atomic mass is 9.92. The summed E-state index contributed by atoms with van der Waals surface area (Å²) in [5.74, 6) is 0.710. The van der Waals surface area contributed by atoms with Crippen LogP contribution in [0.25, 0.3) is 109 Å². The molecule has 0 unspecified atom stereocenters. The molecule has 0 bridgehead atoms. The molecule has 2 aromatic heterocycles. The van der Waals surface area contributed by atoms with E-state index in [-0.39, 0.29) is 0 Å². The molecule has 55 heavy (non-hydrogen) atoms. The predicted molar refractivity (Wildman–Crippen MR) is 235 cm³/mol. The third-order valence-electron chi connectivity index (χ3n) is 10.9. The van der Waals surface area contributed by atoms with Crippen molar-refractivity contribution in [3.63, 3.8) is 0 Å². The quantitative estimate of drug-likeness (QED) is 0.131. The lowest BCUT2D eigenvalue weighted by Gasteiger charge is -2.17. The minimum Gasteiger partial charge on any atom is -0.228 e. The fourth-order valence-electron chi connectivity index (χ4n) is 8.37. The first-order chi connectivity index (χ1) is 27.3. The number of nitrogens with zero attached hydrogens (tertiary/aromatic N) is 2. The van der Waals surface area contributed by atoms with Gasteiger partial charge in [-0.05, 0) is 67.2 Å². The van der Waals surface area contributed by atoms with Crippen LogP contribution in [-0.4, -0.2) is 9.97 Å². The van der Waals surface area contributed by atoms with E-state index in [2.05, 4.69) is 194 Å². The Hall–Kier alpha value is -6.94. The molecule has 256 valence electrons. The summed E-state index contributed by atoms with van der Waals surface area (Å²) in [6, 6.07) is 69.6. The van der Waals surface area contributed by atoms with Crippen LogP contribution in [0, 0.1) is 0 Å². The Balaban J connectivity index is 1.23. The van der Waals surface area contributed by atoms with E-state index in [0.29, 0.717) is 5.82 Å². The van der Waals surface area contributed by atoms with Gasteiger partial charge in [0.15, 0.2) is 5.82 Å². The van der Waals surface area contributed by atoms with Gasteiger partial charge in [-0.1, -0.05) is 176 Å². The molecule has 0 radical (unpaired) electrons. The van der Waals surface area contributed by atoms with Crippen LogP contribution in [0.2, 0.25) is 0 Å². The summed E-state index contributed by atoms with van der Waals surface area (Å²) < 4.78 is 2.58. The van der Waals surface area contributed by atoms with E-state index in [1.54, 1.807) is 0 Å². The van der Waals surface area contributed by atoms with Crippen molar-refractivity contribution in [2.45, 2.75) is 0 Å². The molecule has 11 rings (SSSR count). The van der Waals surface area contributed by atoms with Crippen molar-refractivity contribution in [1.29, 1.82) is 0 Å². The van der Waals surface area contributed by atoms with E-state index in [9.17, 15) is 0 Å². The number of benzene rings is 9. The number of fused-ring (bicyclic) bond motifs is 7. The van der Waals surface area contributed by atoms with Crippen molar-refractivity contribution in [2.75, 3.05) is 0 Å². The van der Waals surface area contributed by atoms with E-state index in [4.69, 9.17) is 9.97 Å². The third-order valence-corrected chi connectivity index (χ3v) is 12.1. The molecule has 11 aromatic rings. The van der Waals surface area contributed by atoms with E-state index in [1.165, 1.54) is 47.3 Å². The number of hydrogen-bond acceptors (Lipinski definition) is 3. The van der Waals surface area contributed by atoms with Crippen molar-refractivity contribution < 1.29 is 0 Å². The van der Waals surface area contributed by atoms with Crippen LogP contribution < -0.4 is 0 Å². The molecule has 0 spiro atoms. The van der Waals surface area contributed by atoms with Gasteiger partial charge in [-0.2, -0.15) is 0 Å². The Kier molecular flexibility index (Phi) is 7.39. The Morgan fingerprint density at radius 3 is 1.71 bits per heavy atom. The maximum atomic E-state index is 5.58. The second kappa shape index (κ2) is 12.9. The molecule has 0 aliphatic rings. The fraction of sp³-hybridized carbons (Fsp3) is 0. The monoisotopic (exact) mass is 716 g/mol. The second-order valence-corrected chi connectivity index (χ2v) is 15.1. The first kappa shape index (κ1) is 31.6. The largest absolute Gasteiger partial charge is 0.228 e. The molecule has 0 aliphatic heterocycles. The molecule has 0 aliphatic carbocycles. The molecule has 0 fully saturated rings. The maximum absolute atomic E-state index is 5.58. The van der Waals surface area contributed by atoms with Gasteiger partial charge in [0.25, 0.3) is 0 Å². The average molecular weight is 717 g/mol. The number of hydrogen-bond donors (Lipinski definition) is 0. The molecule has 3 heteroatoms. The highest BCUT2D eigenvalue weighted by Gasteiger charge is 2.21. The smallest absolute Gasteiger partial charge is 0.161 e. The summed E-state index contributed by atoms with van der Waals surface area (Å²) in [7, 11) is 0. The zero-order chi connectivity index (χ0) is 36.3. The lowest BCUT2D eigenvalue weighted by molar-refractivity contribution is 1.19. The standard InChI is InChI=1S/C52H32N2S/c1-2-15-33(16-3-1)36-19-8-10-23-40(36)47-32-48(41-24-11-9-22-39(41)44-26-14-27-45-42-25-12-13-28-49(42)55-51(44)45)54-52(53-47)50-38-21-7-5-18-35(38)31-46-37-20-6-4-17-34(37)29-30-43(46)50/h1-32H. The van der Waals surface area contributed by atoms with Gasteiger partial charge in [0.05, 0.1) is 11.4 Å². The third kappa shape index (κ3) is 5.24. The van der Waals surface area contributed by atoms with Gasteiger partial charge >= 0.3 is 0 Å². The van der Waals surface area contributed by atoms with E-state index in [1.807, 2.05) is 11.3 Å². The fourth-order valence-corrected chi connectivity index (χ4v) is 9.60. The molecular weight excluding hydrogens is 685 g/mol. The highest BCUT2D eigenvalue weighted by Crippen LogP contribution is 2.45. The van der Waals surface area contributed by atoms with Gasteiger partial charge < -0.3 is 0 Å². The van der Waals surface area contributed by atoms with Crippen molar-refractivity contribution >= 4 is 63.8 Å². The Bertz CT molecular complexity index is 3270. The molecule has 0 saturated carbocycles. The molecule has 0 N–H and O–H groups in total. The van der Waals surface area contributed by atoms with Crippen LogP contribution in [0.4, 0.5) is 0 Å². The molecule has 0 atom stereocenters. The highest BCUT2D eigenvalue weighted by atomic mass is 32.1. The summed E-state index contributed by atoms with van der Waals surface area (Å²) in [5.41, 5.74) is 9.61. The van der Waals surface area contributed by atoms with Crippen LogP contribution >= 0.6 is 11.3 Å². The van der Waals surface area contributed by atoms with E-state index in [0.717, 1.165) is 55.5 Å². The zero-order valence-corrected chi connectivity index (χ0v) is 30.6. The van der Waals surface area contributed by atoms with Gasteiger partial charge in [0.1, 0.15) is 0 Å². The number of thiophene rings is 1. The zero-order valence-electron chi connectivity index (χ0n) is 29.8. The lowest BCUT2D eigenvalue weighted by Crippen LogP contribution is -1.99. The van der Waals surface area contributed by atoms with Crippen molar-refractivity contribution in [1.82, 2.24) is 9.97 Å². The predicted octanol–water partition coefficient (Wildman–Crippen LogP) is 14.6. The minimum atomic E-state index is 0.710. The Morgan fingerprint density at radius 2 is 0.909 bits per heavy atom. The first-order valence-corrected chi connectivity index (χ1v) is 19.5. The molecule has 0 saturated heterocycles. The SMILES string of the molecule is c1ccc(-c2ccccc2-c2cc(-c3ccccc3-c3cccc4c3sc3ccccc34)nc(-c3c4ccccc4cc4c3ccc3ccccc34)n2)cc1. The summed E-state index contributed by atoms with van der Waals surface area (Å²) in [4.78, 5) is 11.1. The van der Waals surface area contributed by atoms with Crippen LogP contribution in [0.5, 0.6) is 0 Å². The van der Waals surface area contributed by atoms with Gasteiger partial charge in [-0.15, -0.1) is 11.3 Å². The van der Waals surface area contributed by atoms with Gasteiger partial charge in [-0.3, -0.25) is 0 Å². The van der Waals surface area contributed by atoms with Crippen LogP contribution in [-0.2, 0) is 0 Å². The summed E-state index contributed by atoms with van der Waals surface area (Å²) >= 11 is 1.86. The topological polar surface area (TPSA) is 25.8 Å². The molecular formula is C52H32N2S. The Labute approximate surface area is 322 Å². The van der Waals surface area contributed by atoms with Crippen molar-refractivity contribution in [2.24, 2.45) is 0 Å².